The molecule has 0 spiro atoms. The van der Waals surface area contributed by atoms with E-state index < -0.39 is 6.10 Å². The number of β-amino-alcohol motifs (C(OH)–C–C–N with tert-alkyl or cyclic N) is 1. The van der Waals surface area contributed by atoms with Crippen LogP contribution >= 0.6 is 11.6 Å². The molecular formula is C17H16ClNO3. The predicted molar refractivity (Wildman–Crippen MR) is 84.0 cm³/mol. The van der Waals surface area contributed by atoms with Crippen molar-refractivity contribution in [3.8, 4) is 11.5 Å². The lowest BCUT2D eigenvalue weighted by molar-refractivity contribution is -0.128. The van der Waals surface area contributed by atoms with Crippen molar-refractivity contribution in [3.63, 3.8) is 0 Å². The van der Waals surface area contributed by atoms with Gasteiger partial charge < -0.3 is 14.7 Å². The fourth-order valence-electron chi connectivity index (χ4n) is 2.43. The molecule has 1 heterocycles. The molecule has 22 heavy (non-hydrogen) atoms. The molecular weight excluding hydrogens is 302 g/mol. The molecule has 1 aliphatic rings. The summed E-state index contributed by atoms with van der Waals surface area (Å²) < 4.78 is 5.72. The van der Waals surface area contributed by atoms with Crippen molar-refractivity contribution >= 4 is 17.5 Å². The molecule has 114 valence electrons. The van der Waals surface area contributed by atoms with Gasteiger partial charge in [-0.05, 0) is 42.0 Å². The molecule has 5 heteroatoms. The Morgan fingerprint density at radius 1 is 1.09 bits per heavy atom. The van der Waals surface area contributed by atoms with Gasteiger partial charge in [-0.25, -0.2) is 0 Å². The monoisotopic (exact) mass is 317 g/mol. The number of nitrogens with zero attached hydrogens (tertiary/aromatic N) is 1. The number of ether oxygens (including phenoxy) is 1. The number of aliphatic hydroxyl groups is 1. The summed E-state index contributed by atoms with van der Waals surface area (Å²) >= 11 is 5.83. The van der Waals surface area contributed by atoms with Crippen molar-refractivity contribution in [2.75, 3.05) is 6.54 Å². The molecule has 0 aromatic heterocycles. The van der Waals surface area contributed by atoms with Crippen LogP contribution in [0.5, 0.6) is 11.5 Å². The molecule has 4 nitrogen and oxygen atoms in total. The van der Waals surface area contributed by atoms with Crippen LogP contribution in [-0.4, -0.2) is 28.6 Å². The Balaban J connectivity index is 1.63. The van der Waals surface area contributed by atoms with E-state index in [1.54, 1.807) is 29.2 Å². The minimum atomic E-state index is -0.542. The lowest BCUT2D eigenvalue weighted by Crippen LogP contribution is -2.25. The number of carbonyl (C=O) groups is 1. The largest absolute Gasteiger partial charge is 0.457 e. The Labute approximate surface area is 133 Å². The number of carbonyl (C=O) groups excluding carboxylic acids is 1. The van der Waals surface area contributed by atoms with Gasteiger partial charge in [0.1, 0.15) is 11.5 Å². The van der Waals surface area contributed by atoms with Crippen LogP contribution in [0.4, 0.5) is 0 Å². The van der Waals surface area contributed by atoms with E-state index in [-0.39, 0.29) is 12.3 Å². The Morgan fingerprint density at radius 3 is 2.23 bits per heavy atom. The molecule has 1 unspecified atom stereocenters. The molecule has 3 rings (SSSR count). The van der Waals surface area contributed by atoms with Crippen molar-refractivity contribution in [1.29, 1.82) is 0 Å². The van der Waals surface area contributed by atoms with Crippen molar-refractivity contribution < 1.29 is 14.6 Å². The van der Waals surface area contributed by atoms with Gasteiger partial charge in [-0.2, -0.15) is 0 Å². The Morgan fingerprint density at radius 2 is 1.68 bits per heavy atom. The second-order valence-corrected chi connectivity index (χ2v) is 5.77. The van der Waals surface area contributed by atoms with Crippen molar-refractivity contribution in [2.45, 2.75) is 19.1 Å². The van der Waals surface area contributed by atoms with Crippen molar-refractivity contribution in [3.05, 3.63) is 59.1 Å². The van der Waals surface area contributed by atoms with E-state index in [1.165, 1.54) is 0 Å². The van der Waals surface area contributed by atoms with Crippen molar-refractivity contribution in [1.82, 2.24) is 4.90 Å². The van der Waals surface area contributed by atoms with E-state index in [1.807, 2.05) is 24.3 Å². The van der Waals surface area contributed by atoms with Crippen LogP contribution in [0.3, 0.4) is 0 Å². The van der Waals surface area contributed by atoms with Gasteiger partial charge in [0.15, 0.2) is 0 Å². The molecule has 1 atom stereocenters. The Bertz CT molecular complexity index is 655. The topological polar surface area (TPSA) is 49.8 Å². The maximum absolute atomic E-state index is 11.7. The minimum absolute atomic E-state index is 0.00556. The number of hydrogen-bond donors (Lipinski definition) is 1. The average Bonchev–Trinajstić information content (AvgIpc) is 2.81. The fraction of sp³-hybridized carbons (Fsp3) is 0.235. The zero-order valence-corrected chi connectivity index (χ0v) is 12.7. The van der Waals surface area contributed by atoms with Crippen molar-refractivity contribution in [2.24, 2.45) is 0 Å². The highest BCUT2D eigenvalue weighted by atomic mass is 35.5. The van der Waals surface area contributed by atoms with Crippen LogP contribution in [-0.2, 0) is 11.3 Å². The summed E-state index contributed by atoms with van der Waals surface area (Å²) in [7, 11) is 0. The first-order valence-corrected chi connectivity index (χ1v) is 7.46. The summed E-state index contributed by atoms with van der Waals surface area (Å²) in [5, 5.41) is 10.2. The fourth-order valence-corrected chi connectivity index (χ4v) is 2.55. The lowest BCUT2D eigenvalue weighted by Gasteiger charge is -2.16. The number of amides is 1. The maximum Gasteiger partial charge on any atom is 0.225 e. The van der Waals surface area contributed by atoms with Crippen LogP contribution < -0.4 is 4.74 Å². The normalized spacial score (nSPS) is 17.8. The highest BCUT2D eigenvalue weighted by Crippen LogP contribution is 2.24. The van der Waals surface area contributed by atoms with Gasteiger partial charge in [-0.3, -0.25) is 4.79 Å². The number of hydrogen-bond acceptors (Lipinski definition) is 3. The first kappa shape index (κ1) is 14.9. The summed E-state index contributed by atoms with van der Waals surface area (Å²) in [4.78, 5) is 13.3. The smallest absolute Gasteiger partial charge is 0.225 e. The highest BCUT2D eigenvalue weighted by Gasteiger charge is 2.27. The maximum atomic E-state index is 11.7. The predicted octanol–water partition coefficient (Wildman–Crippen LogP) is 3.23. The third-order valence-electron chi connectivity index (χ3n) is 3.54. The van der Waals surface area contributed by atoms with Crippen LogP contribution in [0, 0.1) is 0 Å². The average molecular weight is 318 g/mol. The van der Waals surface area contributed by atoms with Gasteiger partial charge in [0.05, 0.1) is 12.5 Å². The van der Waals surface area contributed by atoms with E-state index in [2.05, 4.69) is 0 Å². The molecule has 0 bridgehead atoms. The zero-order valence-electron chi connectivity index (χ0n) is 11.9. The summed E-state index contributed by atoms with van der Waals surface area (Å²) in [5.74, 6) is 1.43. The van der Waals surface area contributed by atoms with Crippen LogP contribution in [0.2, 0.25) is 5.02 Å². The quantitative estimate of drug-likeness (QED) is 0.942. The van der Waals surface area contributed by atoms with E-state index >= 15 is 0 Å². The van der Waals surface area contributed by atoms with Gasteiger partial charge in [-0.15, -0.1) is 0 Å². The molecule has 1 saturated heterocycles. The lowest BCUT2D eigenvalue weighted by atomic mass is 10.2. The molecule has 0 saturated carbocycles. The van der Waals surface area contributed by atoms with Gasteiger partial charge in [0, 0.05) is 18.1 Å². The van der Waals surface area contributed by atoms with Crippen LogP contribution in [0.1, 0.15) is 12.0 Å². The third kappa shape index (κ3) is 3.59. The van der Waals surface area contributed by atoms with E-state index in [0.717, 1.165) is 17.1 Å². The van der Waals surface area contributed by atoms with Crippen LogP contribution in [0.25, 0.3) is 0 Å². The van der Waals surface area contributed by atoms with Gasteiger partial charge in [0.2, 0.25) is 5.91 Å². The molecule has 0 aliphatic carbocycles. The van der Waals surface area contributed by atoms with Crippen LogP contribution in [0.15, 0.2) is 48.5 Å². The second kappa shape index (κ2) is 6.38. The third-order valence-corrected chi connectivity index (χ3v) is 3.79. The van der Waals surface area contributed by atoms with Gasteiger partial charge in [0.25, 0.3) is 0 Å². The van der Waals surface area contributed by atoms with E-state index in [0.29, 0.717) is 18.1 Å². The highest BCUT2D eigenvalue weighted by molar-refractivity contribution is 6.30. The second-order valence-electron chi connectivity index (χ2n) is 5.33. The number of halogens is 1. The molecule has 2 aromatic carbocycles. The number of rotatable bonds is 4. The Kier molecular flexibility index (Phi) is 4.32. The number of likely N-dealkylation sites (tertiary alicyclic amines) is 1. The molecule has 1 fully saturated rings. The SMILES string of the molecule is O=C1CC(O)CN1Cc1ccc(Oc2ccc(Cl)cc2)cc1. The van der Waals surface area contributed by atoms with Gasteiger partial charge in [-0.1, -0.05) is 23.7 Å². The summed E-state index contributed by atoms with van der Waals surface area (Å²) in [6.07, 6.45) is -0.322. The standard InChI is InChI=1S/C17H16ClNO3/c18-13-3-7-16(8-4-13)22-15-5-1-12(2-6-15)10-19-11-14(20)9-17(19)21/h1-8,14,20H,9-11H2. The Hall–Kier alpha value is -2.04. The van der Waals surface area contributed by atoms with E-state index in [4.69, 9.17) is 16.3 Å². The first-order chi connectivity index (χ1) is 10.6. The molecule has 1 amide bonds. The zero-order chi connectivity index (χ0) is 15.5. The first-order valence-electron chi connectivity index (χ1n) is 7.08. The summed E-state index contributed by atoms with van der Waals surface area (Å²) in [6.45, 7) is 0.916. The molecule has 1 N–H and O–H groups in total. The summed E-state index contributed by atoms with van der Waals surface area (Å²) in [5.41, 5.74) is 1.01. The number of benzene rings is 2. The molecule has 1 aliphatic heterocycles. The minimum Gasteiger partial charge on any atom is -0.457 e. The number of aliphatic hydroxyl groups excluding tert-OH is 1. The molecule has 2 aromatic rings. The summed E-state index contributed by atoms with van der Waals surface area (Å²) in [6, 6.07) is 14.7. The van der Waals surface area contributed by atoms with Gasteiger partial charge >= 0.3 is 0 Å². The molecule has 0 radical (unpaired) electrons. The van der Waals surface area contributed by atoms with E-state index in [9.17, 15) is 9.90 Å².